The molecule has 1 spiro atoms. The van der Waals surface area contributed by atoms with E-state index in [1.54, 1.807) is 18.5 Å². The molecule has 2 atom stereocenters. The normalized spacial score (nSPS) is 26.7. The van der Waals surface area contributed by atoms with Crippen molar-refractivity contribution in [1.82, 2.24) is 14.9 Å². The highest BCUT2D eigenvalue weighted by atomic mass is 32.1. The molecule has 0 unspecified atom stereocenters. The van der Waals surface area contributed by atoms with E-state index in [2.05, 4.69) is 15.3 Å². The van der Waals surface area contributed by atoms with E-state index in [1.807, 2.05) is 22.4 Å². The zero-order valence-corrected chi connectivity index (χ0v) is 14.2. The van der Waals surface area contributed by atoms with Crippen molar-refractivity contribution in [3.63, 3.8) is 0 Å². The first kappa shape index (κ1) is 15.5. The van der Waals surface area contributed by atoms with Crippen LogP contribution in [0.2, 0.25) is 0 Å². The van der Waals surface area contributed by atoms with Gasteiger partial charge in [0.05, 0.1) is 29.7 Å². The van der Waals surface area contributed by atoms with Gasteiger partial charge in [0.1, 0.15) is 0 Å². The molecule has 2 saturated heterocycles. The number of hydrogen-bond acceptors (Lipinski definition) is 6. The molecule has 6 nitrogen and oxygen atoms in total. The molecule has 1 amide bonds. The van der Waals surface area contributed by atoms with Gasteiger partial charge in [-0.15, -0.1) is 11.3 Å². The molecule has 0 aliphatic carbocycles. The maximum absolute atomic E-state index is 12.6. The van der Waals surface area contributed by atoms with Crippen LogP contribution in [0.4, 0.5) is 5.95 Å². The van der Waals surface area contributed by atoms with Crippen molar-refractivity contribution in [2.45, 2.75) is 30.9 Å². The summed E-state index contributed by atoms with van der Waals surface area (Å²) in [7, 11) is 0. The molecule has 0 bridgehead atoms. The van der Waals surface area contributed by atoms with Crippen molar-refractivity contribution in [1.29, 1.82) is 0 Å². The number of amides is 1. The quantitative estimate of drug-likeness (QED) is 0.926. The summed E-state index contributed by atoms with van der Waals surface area (Å²) < 4.78 is 6.16. The number of aromatic nitrogens is 2. The largest absolute Gasteiger partial charge is 0.371 e. The number of piperidine rings is 1. The number of carbonyl (C=O) groups excluding carboxylic acids is 1. The van der Waals surface area contributed by atoms with Crippen LogP contribution in [-0.2, 0) is 4.74 Å². The van der Waals surface area contributed by atoms with Gasteiger partial charge in [-0.2, -0.15) is 0 Å². The molecule has 2 fully saturated rings. The monoisotopic (exact) mass is 344 g/mol. The lowest BCUT2D eigenvalue weighted by Gasteiger charge is -2.39. The van der Waals surface area contributed by atoms with Gasteiger partial charge in [-0.3, -0.25) is 4.79 Å². The third-order valence-electron chi connectivity index (χ3n) is 4.67. The van der Waals surface area contributed by atoms with E-state index in [0.29, 0.717) is 19.1 Å². The Balaban J connectivity index is 1.41. The third-order valence-corrected chi connectivity index (χ3v) is 5.52. The number of likely N-dealkylation sites (tertiary alicyclic amines) is 1. The minimum absolute atomic E-state index is 0.121. The number of anilines is 1. The van der Waals surface area contributed by atoms with Crippen LogP contribution in [0.1, 0.15) is 28.9 Å². The highest BCUT2D eigenvalue weighted by Gasteiger charge is 2.44. The summed E-state index contributed by atoms with van der Waals surface area (Å²) in [5, 5.41) is 5.28. The molecule has 126 valence electrons. The number of nitrogens with one attached hydrogen (secondary N) is 1. The zero-order chi connectivity index (χ0) is 16.4. The van der Waals surface area contributed by atoms with Crippen molar-refractivity contribution >= 4 is 23.2 Å². The summed E-state index contributed by atoms with van der Waals surface area (Å²) in [5.41, 5.74) is -0.238. The second kappa shape index (κ2) is 6.49. The zero-order valence-electron chi connectivity index (χ0n) is 13.4. The lowest BCUT2D eigenvalue weighted by atomic mass is 9.88. The van der Waals surface area contributed by atoms with Crippen molar-refractivity contribution in [2.24, 2.45) is 0 Å². The molecule has 2 aliphatic rings. The molecule has 0 radical (unpaired) electrons. The summed E-state index contributed by atoms with van der Waals surface area (Å²) in [6.45, 7) is 2.10. The van der Waals surface area contributed by atoms with E-state index in [4.69, 9.17) is 4.74 Å². The third kappa shape index (κ3) is 3.14. The number of carbonyl (C=O) groups is 1. The van der Waals surface area contributed by atoms with E-state index in [9.17, 15) is 4.79 Å². The fourth-order valence-electron chi connectivity index (χ4n) is 3.61. The standard InChI is InChI=1S/C17H20N4O2S/c22-15(14-4-1-9-24-14)21-8-2-5-17(12-21)10-13(11-23-17)20-16-18-6-3-7-19-16/h1,3-4,6-7,9,13H,2,5,8,10-12H2,(H,18,19,20)/t13-,17+/m0/s1. The van der Waals surface area contributed by atoms with E-state index in [-0.39, 0.29) is 17.6 Å². The second-order valence-electron chi connectivity index (χ2n) is 6.42. The van der Waals surface area contributed by atoms with Gasteiger partial charge in [0.25, 0.3) is 5.91 Å². The Morgan fingerprint density at radius 3 is 3.04 bits per heavy atom. The number of hydrogen-bond donors (Lipinski definition) is 1. The van der Waals surface area contributed by atoms with Crippen LogP contribution in [0.15, 0.2) is 36.0 Å². The Kier molecular flexibility index (Phi) is 4.20. The molecule has 7 heteroatoms. The SMILES string of the molecule is O=C(c1cccs1)N1CCC[C@@]2(C[C@H](Nc3ncccn3)CO2)C1. The Labute approximate surface area is 144 Å². The number of rotatable bonds is 3. The first-order valence-electron chi connectivity index (χ1n) is 8.24. The molecule has 0 saturated carbocycles. The van der Waals surface area contributed by atoms with Crippen molar-refractivity contribution < 1.29 is 9.53 Å². The van der Waals surface area contributed by atoms with E-state index in [0.717, 1.165) is 30.7 Å². The molecule has 24 heavy (non-hydrogen) atoms. The summed E-state index contributed by atoms with van der Waals surface area (Å²) in [6.07, 6.45) is 6.30. The molecule has 2 aliphatic heterocycles. The molecule has 4 heterocycles. The minimum Gasteiger partial charge on any atom is -0.371 e. The fraction of sp³-hybridized carbons (Fsp3) is 0.471. The van der Waals surface area contributed by atoms with Gasteiger partial charge >= 0.3 is 0 Å². The van der Waals surface area contributed by atoms with Gasteiger partial charge in [0.2, 0.25) is 5.95 Å². The molecule has 1 N–H and O–H groups in total. The van der Waals surface area contributed by atoms with Gasteiger partial charge in [0.15, 0.2) is 0 Å². The van der Waals surface area contributed by atoms with Crippen LogP contribution in [-0.4, -0.2) is 52.1 Å². The molecule has 4 rings (SSSR count). The van der Waals surface area contributed by atoms with E-state index >= 15 is 0 Å². The first-order chi connectivity index (χ1) is 11.7. The van der Waals surface area contributed by atoms with Gasteiger partial charge in [0, 0.05) is 25.4 Å². The lowest BCUT2D eigenvalue weighted by molar-refractivity contribution is -0.0446. The maximum atomic E-state index is 12.6. The van der Waals surface area contributed by atoms with Crippen LogP contribution in [0.25, 0.3) is 0 Å². The number of ether oxygens (including phenoxy) is 1. The predicted octanol–water partition coefficient (Wildman–Crippen LogP) is 2.41. The van der Waals surface area contributed by atoms with Crippen LogP contribution in [0.5, 0.6) is 0 Å². The smallest absolute Gasteiger partial charge is 0.264 e. The Morgan fingerprint density at radius 1 is 1.38 bits per heavy atom. The van der Waals surface area contributed by atoms with Gasteiger partial charge in [-0.05, 0) is 30.4 Å². The second-order valence-corrected chi connectivity index (χ2v) is 7.37. The molecule has 2 aromatic rings. The van der Waals surface area contributed by atoms with Crippen molar-refractivity contribution in [3.8, 4) is 0 Å². The highest BCUT2D eigenvalue weighted by molar-refractivity contribution is 7.12. The van der Waals surface area contributed by atoms with Crippen LogP contribution in [0, 0.1) is 0 Å². The highest BCUT2D eigenvalue weighted by Crippen LogP contribution is 2.36. The summed E-state index contributed by atoms with van der Waals surface area (Å²) in [4.78, 5) is 23.8. The van der Waals surface area contributed by atoms with Gasteiger partial charge in [-0.1, -0.05) is 6.07 Å². The number of nitrogens with zero attached hydrogens (tertiary/aromatic N) is 3. The minimum atomic E-state index is -0.238. The summed E-state index contributed by atoms with van der Waals surface area (Å²) in [5.74, 6) is 0.751. The fourth-order valence-corrected chi connectivity index (χ4v) is 4.30. The Bertz CT molecular complexity index is 694. The lowest BCUT2D eigenvalue weighted by Crippen LogP contribution is -2.50. The molecule has 0 aromatic carbocycles. The van der Waals surface area contributed by atoms with Gasteiger partial charge < -0.3 is 15.0 Å². The average molecular weight is 344 g/mol. The maximum Gasteiger partial charge on any atom is 0.264 e. The van der Waals surface area contributed by atoms with Crippen LogP contribution >= 0.6 is 11.3 Å². The molecular weight excluding hydrogens is 324 g/mol. The summed E-state index contributed by atoms with van der Waals surface area (Å²) >= 11 is 1.50. The van der Waals surface area contributed by atoms with Crippen molar-refractivity contribution in [3.05, 3.63) is 40.8 Å². The van der Waals surface area contributed by atoms with Gasteiger partial charge in [-0.25, -0.2) is 9.97 Å². The number of thiophene rings is 1. The predicted molar refractivity (Wildman–Crippen MR) is 92.2 cm³/mol. The molecular formula is C17H20N4O2S. The molecule has 2 aromatic heterocycles. The van der Waals surface area contributed by atoms with Crippen LogP contribution in [0.3, 0.4) is 0 Å². The average Bonchev–Trinajstić information content (AvgIpc) is 3.26. The van der Waals surface area contributed by atoms with E-state index in [1.165, 1.54) is 11.3 Å². The van der Waals surface area contributed by atoms with E-state index < -0.39 is 0 Å². The Hall–Kier alpha value is -1.99. The first-order valence-corrected chi connectivity index (χ1v) is 9.12. The van der Waals surface area contributed by atoms with Crippen LogP contribution < -0.4 is 5.32 Å². The summed E-state index contributed by atoms with van der Waals surface area (Å²) in [6, 6.07) is 5.79. The topological polar surface area (TPSA) is 67.4 Å². The Morgan fingerprint density at radius 2 is 2.25 bits per heavy atom. The van der Waals surface area contributed by atoms with Crippen molar-refractivity contribution in [2.75, 3.05) is 25.0 Å².